The standard InChI is InChI=1S/C18H23FN2O/c19-15-6-3-5-14-13(15)7-8-16(14)21-17(22)18-9-2-1-4-12(18)10-20-11-18/h3,5-6,12,16,20H,1-2,4,7-11H2,(H,21,22)/t12-,16?,18+/m0/s1. The topological polar surface area (TPSA) is 41.1 Å². The molecule has 1 aromatic rings. The molecule has 1 aromatic carbocycles. The Bertz CT molecular complexity index is 603. The zero-order chi connectivity index (χ0) is 15.2. The van der Waals surface area contributed by atoms with Gasteiger partial charge >= 0.3 is 0 Å². The summed E-state index contributed by atoms with van der Waals surface area (Å²) in [7, 11) is 0. The highest BCUT2D eigenvalue weighted by Crippen LogP contribution is 2.45. The Morgan fingerprint density at radius 3 is 3.14 bits per heavy atom. The molecular weight excluding hydrogens is 279 g/mol. The summed E-state index contributed by atoms with van der Waals surface area (Å²) in [4.78, 5) is 13.0. The van der Waals surface area contributed by atoms with E-state index in [0.29, 0.717) is 5.92 Å². The Morgan fingerprint density at radius 2 is 2.23 bits per heavy atom. The van der Waals surface area contributed by atoms with Gasteiger partial charge < -0.3 is 10.6 Å². The molecule has 4 rings (SSSR count). The highest BCUT2D eigenvalue weighted by atomic mass is 19.1. The van der Waals surface area contributed by atoms with Crippen LogP contribution in [-0.4, -0.2) is 19.0 Å². The van der Waals surface area contributed by atoms with Crippen molar-refractivity contribution >= 4 is 5.91 Å². The molecule has 0 spiro atoms. The van der Waals surface area contributed by atoms with Crippen molar-refractivity contribution in [2.45, 2.75) is 44.6 Å². The Morgan fingerprint density at radius 1 is 1.32 bits per heavy atom. The highest BCUT2D eigenvalue weighted by molar-refractivity contribution is 5.84. The summed E-state index contributed by atoms with van der Waals surface area (Å²) in [5.41, 5.74) is 1.53. The van der Waals surface area contributed by atoms with Crippen molar-refractivity contribution in [1.29, 1.82) is 0 Å². The first-order valence-corrected chi connectivity index (χ1v) is 8.50. The molecule has 3 nitrogen and oxygen atoms in total. The van der Waals surface area contributed by atoms with Crippen molar-refractivity contribution in [3.8, 4) is 0 Å². The molecule has 1 heterocycles. The minimum atomic E-state index is -0.228. The number of fused-ring (bicyclic) bond motifs is 2. The molecule has 1 amide bonds. The first-order chi connectivity index (χ1) is 10.7. The van der Waals surface area contributed by atoms with Crippen LogP contribution in [0.25, 0.3) is 0 Å². The molecule has 2 aliphatic carbocycles. The third kappa shape index (κ3) is 2.08. The number of halogens is 1. The second-order valence-corrected chi connectivity index (χ2v) is 7.10. The van der Waals surface area contributed by atoms with E-state index >= 15 is 0 Å². The van der Waals surface area contributed by atoms with Gasteiger partial charge in [0.1, 0.15) is 5.82 Å². The van der Waals surface area contributed by atoms with Gasteiger partial charge in [0, 0.05) is 6.54 Å². The third-order valence-corrected chi connectivity index (χ3v) is 6.01. The van der Waals surface area contributed by atoms with E-state index in [4.69, 9.17) is 0 Å². The molecular formula is C18H23FN2O. The quantitative estimate of drug-likeness (QED) is 0.882. The predicted octanol–water partition coefficient (Wildman–Crippen LogP) is 2.71. The fourth-order valence-corrected chi connectivity index (χ4v) is 4.75. The maximum atomic E-state index is 13.8. The van der Waals surface area contributed by atoms with E-state index in [0.717, 1.165) is 56.3 Å². The van der Waals surface area contributed by atoms with Crippen LogP contribution in [0, 0.1) is 17.2 Å². The zero-order valence-electron chi connectivity index (χ0n) is 12.8. The first-order valence-electron chi connectivity index (χ1n) is 8.50. The maximum absolute atomic E-state index is 13.8. The van der Waals surface area contributed by atoms with Gasteiger partial charge in [0.2, 0.25) is 5.91 Å². The van der Waals surface area contributed by atoms with Gasteiger partial charge in [0.05, 0.1) is 11.5 Å². The summed E-state index contributed by atoms with van der Waals surface area (Å²) in [5, 5.41) is 6.67. The highest BCUT2D eigenvalue weighted by Gasteiger charge is 2.50. The van der Waals surface area contributed by atoms with Crippen LogP contribution in [-0.2, 0) is 11.2 Å². The normalized spacial score (nSPS) is 33.3. The van der Waals surface area contributed by atoms with Crippen LogP contribution >= 0.6 is 0 Å². The average molecular weight is 302 g/mol. The fraction of sp³-hybridized carbons (Fsp3) is 0.611. The number of rotatable bonds is 2. The van der Waals surface area contributed by atoms with Crippen LogP contribution in [0.5, 0.6) is 0 Å². The summed E-state index contributed by atoms with van der Waals surface area (Å²) in [5.74, 6) is 0.518. The van der Waals surface area contributed by atoms with Gasteiger partial charge in [-0.25, -0.2) is 4.39 Å². The second-order valence-electron chi connectivity index (χ2n) is 7.10. The number of hydrogen-bond acceptors (Lipinski definition) is 2. The molecule has 0 aromatic heterocycles. The summed E-state index contributed by atoms with van der Waals surface area (Å²) in [6.07, 6.45) is 6.05. The second kappa shape index (κ2) is 5.34. The van der Waals surface area contributed by atoms with Gasteiger partial charge in [-0.3, -0.25) is 4.79 Å². The van der Waals surface area contributed by atoms with Crippen molar-refractivity contribution in [3.63, 3.8) is 0 Å². The van der Waals surface area contributed by atoms with Gasteiger partial charge in [-0.2, -0.15) is 0 Å². The van der Waals surface area contributed by atoms with E-state index < -0.39 is 0 Å². The summed E-state index contributed by atoms with van der Waals surface area (Å²) < 4.78 is 13.8. The number of carbonyl (C=O) groups is 1. The monoisotopic (exact) mass is 302 g/mol. The summed E-state index contributed by atoms with van der Waals surface area (Å²) in [6, 6.07) is 5.20. The largest absolute Gasteiger partial charge is 0.349 e. The molecule has 0 radical (unpaired) electrons. The Labute approximate surface area is 130 Å². The predicted molar refractivity (Wildman–Crippen MR) is 82.9 cm³/mol. The SMILES string of the molecule is O=C(NC1CCc2c(F)cccc21)[C@@]12CCCC[C@H]1CNC2. The summed E-state index contributed by atoms with van der Waals surface area (Å²) >= 11 is 0. The lowest BCUT2D eigenvalue weighted by atomic mass is 9.67. The molecule has 1 saturated carbocycles. The molecule has 4 heteroatoms. The van der Waals surface area contributed by atoms with Gasteiger partial charge in [0.25, 0.3) is 0 Å². The van der Waals surface area contributed by atoms with Gasteiger partial charge in [-0.15, -0.1) is 0 Å². The van der Waals surface area contributed by atoms with Crippen LogP contribution in [0.2, 0.25) is 0 Å². The third-order valence-electron chi connectivity index (χ3n) is 6.01. The minimum absolute atomic E-state index is 0.0178. The molecule has 2 fully saturated rings. The van der Waals surface area contributed by atoms with Gasteiger partial charge in [0.15, 0.2) is 0 Å². The lowest BCUT2D eigenvalue weighted by Crippen LogP contribution is -2.48. The number of hydrogen-bond donors (Lipinski definition) is 2. The number of benzene rings is 1. The van der Waals surface area contributed by atoms with Crippen LogP contribution in [0.4, 0.5) is 4.39 Å². The van der Waals surface area contributed by atoms with Gasteiger partial charge in [-0.1, -0.05) is 25.0 Å². The molecule has 3 aliphatic rings. The van der Waals surface area contributed by atoms with Crippen molar-refractivity contribution in [2.24, 2.45) is 11.3 Å². The first kappa shape index (κ1) is 14.2. The van der Waals surface area contributed by atoms with Crippen LogP contribution in [0.1, 0.15) is 49.3 Å². The van der Waals surface area contributed by atoms with Crippen molar-refractivity contribution in [2.75, 3.05) is 13.1 Å². The van der Waals surface area contributed by atoms with E-state index in [1.165, 1.54) is 12.5 Å². The molecule has 0 bridgehead atoms. The van der Waals surface area contributed by atoms with Crippen LogP contribution in [0.3, 0.4) is 0 Å². The molecule has 1 saturated heterocycles. The molecule has 1 aliphatic heterocycles. The van der Waals surface area contributed by atoms with E-state index in [1.54, 1.807) is 6.07 Å². The Kier molecular flexibility index (Phi) is 3.44. The smallest absolute Gasteiger partial charge is 0.228 e. The van der Waals surface area contributed by atoms with Crippen LogP contribution in [0.15, 0.2) is 18.2 Å². The number of amides is 1. The Balaban J connectivity index is 1.55. The van der Waals surface area contributed by atoms with Crippen molar-refractivity contribution < 1.29 is 9.18 Å². The molecule has 2 N–H and O–H groups in total. The summed E-state index contributed by atoms with van der Waals surface area (Å²) in [6.45, 7) is 1.76. The van der Waals surface area contributed by atoms with E-state index in [1.807, 2.05) is 6.07 Å². The lowest BCUT2D eigenvalue weighted by molar-refractivity contribution is -0.134. The number of carbonyl (C=O) groups excluding carboxylic acids is 1. The molecule has 1 unspecified atom stereocenters. The lowest BCUT2D eigenvalue weighted by Gasteiger charge is -2.38. The van der Waals surface area contributed by atoms with Gasteiger partial charge in [-0.05, 0) is 55.3 Å². The van der Waals surface area contributed by atoms with Crippen molar-refractivity contribution in [1.82, 2.24) is 10.6 Å². The molecule has 22 heavy (non-hydrogen) atoms. The maximum Gasteiger partial charge on any atom is 0.228 e. The minimum Gasteiger partial charge on any atom is -0.349 e. The molecule has 3 atom stereocenters. The Hall–Kier alpha value is -1.42. The van der Waals surface area contributed by atoms with E-state index in [-0.39, 0.29) is 23.2 Å². The van der Waals surface area contributed by atoms with Crippen molar-refractivity contribution in [3.05, 3.63) is 35.1 Å². The van der Waals surface area contributed by atoms with E-state index in [2.05, 4.69) is 10.6 Å². The number of nitrogens with one attached hydrogen (secondary N) is 2. The van der Waals surface area contributed by atoms with E-state index in [9.17, 15) is 9.18 Å². The fourth-order valence-electron chi connectivity index (χ4n) is 4.75. The van der Waals surface area contributed by atoms with Crippen LogP contribution < -0.4 is 10.6 Å². The zero-order valence-corrected chi connectivity index (χ0v) is 12.8. The molecule has 118 valence electrons. The average Bonchev–Trinajstić information content (AvgIpc) is 3.13.